The molecule has 0 aliphatic heterocycles. The van der Waals surface area contributed by atoms with E-state index in [1.54, 1.807) is 0 Å². The van der Waals surface area contributed by atoms with E-state index in [2.05, 4.69) is 15.6 Å². The molecule has 0 aliphatic carbocycles. The molecule has 0 bridgehead atoms. The van der Waals surface area contributed by atoms with Gasteiger partial charge in [0.25, 0.3) is 0 Å². The number of rotatable bonds is 7. The third-order valence-corrected chi connectivity index (χ3v) is 5.00. The number of nitrogens with one attached hydrogen (secondary N) is 3. The molecule has 1 atom stereocenters. The van der Waals surface area contributed by atoms with E-state index < -0.39 is 6.04 Å². The van der Waals surface area contributed by atoms with Gasteiger partial charge in [-0.05, 0) is 29.3 Å². The van der Waals surface area contributed by atoms with Crippen LogP contribution < -0.4 is 10.6 Å². The lowest BCUT2D eigenvalue weighted by Crippen LogP contribution is -2.45. The van der Waals surface area contributed by atoms with Crippen LogP contribution in [0.25, 0.3) is 10.9 Å². The molecule has 3 aromatic carbocycles. The highest BCUT2D eigenvalue weighted by Crippen LogP contribution is 2.20. The summed E-state index contributed by atoms with van der Waals surface area (Å²) in [5.41, 5.74) is 3.59. The number of carbonyl (C=O) groups excluding carboxylic acids is 2. The lowest BCUT2D eigenvalue weighted by atomic mass is 10.0. The van der Waals surface area contributed by atoms with Crippen LogP contribution in [-0.2, 0) is 22.4 Å². The van der Waals surface area contributed by atoms with E-state index in [9.17, 15) is 9.59 Å². The quantitative estimate of drug-likeness (QED) is 0.440. The van der Waals surface area contributed by atoms with E-state index in [4.69, 9.17) is 0 Å². The van der Waals surface area contributed by atoms with Crippen molar-refractivity contribution in [2.45, 2.75) is 18.9 Å². The SMILES string of the molecule is O=C(Cc1ccccc1)N[C@@H](Cc1c[nH]c2ccccc12)C(=O)Nc1ccccc1. The third kappa shape index (κ3) is 4.75. The van der Waals surface area contributed by atoms with Crippen molar-refractivity contribution in [1.82, 2.24) is 10.3 Å². The Kier molecular flexibility index (Phi) is 5.90. The summed E-state index contributed by atoms with van der Waals surface area (Å²) in [7, 11) is 0. The van der Waals surface area contributed by atoms with E-state index in [0.717, 1.165) is 22.0 Å². The van der Waals surface area contributed by atoms with Crippen LogP contribution in [0.4, 0.5) is 5.69 Å². The number of H-pyrrole nitrogens is 1. The van der Waals surface area contributed by atoms with Crippen LogP contribution in [0.5, 0.6) is 0 Å². The molecule has 1 heterocycles. The minimum atomic E-state index is -0.694. The first-order valence-corrected chi connectivity index (χ1v) is 9.93. The van der Waals surface area contributed by atoms with E-state index >= 15 is 0 Å². The average Bonchev–Trinajstić information content (AvgIpc) is 3.17. The Labute approximate surface area is 175 Å². The predicted octanol–water partition coefficient (Wildman–Crippen LogP) is 4.08. The number of amides is 2. The largest absolute Gasteiger partial charge is 0.361 e. The van der Waals surface area contributed by atoms with Crippen molar-refractivity contribution in [1.29, 1.82) is 0 Å². The van der Waals surface area contributed by atoms with Crippen molar-refractivity contribution < 1.29 is 9.59 Å². The first kappa shape index (κ1) is 19.5. The summed E-state index contributed by atoms with van der Waals surface area (Å²) in [6.45, 7) is 0. The predicted molar refractivity (Wildman–Crippen MR) is 119 cm³/mol. The number of hydrogen-bond acceptors (Lipinski definition) is 2. The van der Waals surface area contributed by atoms with Gasteiger partial charge in [-0.1, -0.05) is 66.7 Å². The van der Waals surface area contributed by atoms with Crippen molar-refractivity contribution >= 4 is 28.4 Å². The van der Waals surface area contributed by atoms with Gasteiger partial charge in [-0.25, -0.2) is 0 Å². The van der Waals surface area contributed by atoms with Crippen molar-refractivity contribution in [3.63, 3.8) is 0 Å². The second kappa shape index (κ2) is 9.09. The van der Waals surface area contributed by atoms with E-state index in [-0.39, 0.29) is 18.2 Å². The van der Waals surface area contributed by atoms with Gasteiger partial charge in [-0.2, -0.15) is 0 Å². The molecular formula is C25H23N3O2. The smallest absolute Gasteiger partial charge is 0.247 e. The van der Waals surface area contributed by atoms with Gasteiger partial charge in [-0.3, -0.25) is 9.59 Å². The standard InChI is InChI=1S/C25H23N3O2/c29-24(15-18-9-3-1-4-10-18)28-23(25(30)27-20-11-5-2-6-12-20)16-19-17-26-22-14-8-7-13-21(19)22/h1-14,17,23,26H,15-16H2,(H,27,30)(H,28,29)/t23-/m0/s1. The van der Waals surface area contributed by atoms with Crippen molar-refractivity contribution in [2.75, 3.05) is 5.32 Å². The zero-order valence-corrected chi connectivity index (χ0v) is 16.5. The third-order valence-electron chi connectivity index (χ3n) is 5.00. The number of anilines is 1. The lowest BCUT2D eigenvalue weighted by molar-refractivity contribution is -0.126. The zero-order valence-electron chi connectivity index (χ0n) is 16.5. The lowest BCUT2D eigenvalue weighted by Gasteiger charge is -2.18. The van der Waals surface area contributed by atoms with Gasteiger partial charge in [0, 0.05) is 29.2 Å². The summed E-state index contributed by atoms with van der Waals surface area (Å²) < 4.78 is 0. The number of fused-ring (bicyclic) bond motifs is 1. The minimum Gasteiger partial charge on any atom is -0.361 e. The second-order valence-electron chi connectivity index (χ2n) is 7.20. The van der Waals surface area contributed by atoms with Gasteiger partial charge in [0.15, 0.2) is 0 Å². The highest BCUT2D eigenvalue weighted by Gasteiger charge is 2.23. The molecule has 5 nitrogen and oxygen atoms in total. The van der Waals surface area contributed by atoms with Crippen LogP contribution in [0.3, 0.4) is 0 Å². The van der Waals surface area contributed by atoms with Crippen LogP contribution in [0.1, 0.15) is 11.1 Å². The maximum absolute atomic E-state index is 13.0. The van der Waals surface area contributed by atoms with Gasteiger partial charge < -0.3 is 15.6 Å². The second-order valence-corrected chi connectivity index (χ2v) is 7.20. The Bertz CT molecular complexity index is 1140. The molecule has 4 aromatic rings. The fourth-order valence-electron chi connectivity index (χ4n) is 3.51. The van der Waals surface area contributed by atoms with Gasteiger partial charge in [-0.15, -0.1) is 0 Å². The molecule has 4 rings (SSSR count). The Morgan fingerprint density at radius 1 is 0.833 bits per heavy atom. The number of hydrogen-bond donors (Lipinski definition) is 3. The molecule has 150 valence electrons. The van der Waals surface area contributed by atoms with Crippen LogP contribution in [0, 0.1) is 0 Å². The first-order valence-electron chi connectivity index (χ1n) is 9.93. The summed E-state index contributed by atoms with van der Waals surface area (Å²) in [5, 5.41) is 6.88. The number of benzene rings is 3. The highest BCUT2D eigenvalue weighted by atomic mass is 16.2. The van der Waals surface area contributed by atoms with Crippen LogP contribution >= 0.6 is 0 Å². The molecule has 0 unspecified atom stereocenters. The molecule has 2 amide bonds. The number of aromatic nitrogens is 1. The number of aromatic amines is 1. The fraction of sp³-hybridized carbons (Fsp3) is 0.120. The molecule has 5 heteroatoms. The summed E-state index contributed by atoms with van der Waals surface area (Å²) in [4.78, 5) is 28.9. The van der Waals surface area contributed by atoms with Crippen molar-refractivity contribution in [2.24, 2.45) is 0 Å². The monoisotopic (exact) mass is 397 g/mol. The van der Waals surface area contributed by atoms with Gasteiger partial charge in [0.1, 0.15) is 6.04 Å². The van der Waals surface area contributed by atoms with Gasteiger partial charge >= 0.3 is 0 Å². The summed E-state index contributed by atoms with van der Waals surface area (Å²) in [6, 6.07) is 26.0. The van der Waals surface area contributed by atoms with E-state index in [0.29, 0.717) is 12.1 Å². The molecule has 1 aromatic heterocycles. The Balaban J connectivity index is 1.53. The first-order chi connectivity index (χ1) is 14.7. The Morgan fingerprint density at radius 3 is 2.27 bits per heavy atom. The Morgan fingerprint density at radius 2 is 1.50 bits per heavy atom. The minimum absolute atomic E-state index is 0.186. The normalized spacial score (nSPS) is 11.7. The molecule has 3 N–H and O–H groups in total. The topological polar surface area (TPSA) is 74.0 Å². The van der Waals surface area contributed by atoms with Gasteiger partial charge in [0.2, 0.25) is 11.8 Å². The average molecular weight is 397 g/mol. The zero-order chi connectivity index (χ0) is 20.8. The molecule has 0 radical (unpaired) electrons. The molecular weight excluding hydrogens is 374 g/mol. The van der Waals surface area contributed by atoms with Crippen LogP contribution in [-0.4, -0.2) is 22.8 Å². The maximum Gasteiger partial charge on any atom is 0.247 e. The summed E-state index contributed by atoms with van der Waals surface area (Å²) in [6.07, 6.45) is 2.52. The fourth-order valence-corrected chi connectivity index (χ4v) is 3.51. The molecule has 30 heavy (non-hydrogen) atoms. The molecule has 0 fully saturated rings. The van der Waals surface area contributed by atoms with Crippen LogP contribution in [0.2, 0.25) is 0 Å². The molecule has 0 spiro atoms. The number of carbonyl (C=O) groups is 2. The molecule has 0 aliphatic rings. The van der Waals surface area contributed by atoms with Crippen LogP contribution in [0.15, 0.2) is 91.1 Å². The van der Waals surface area contributed by atoms with Crippen molar-refractivity contribution in [3.8, 4) is 0 Å². The van der Waals surface area contributed by atoms with Gasteiger partial charge in [0.05, 0.1) is 6.42 Å². The summed E-state index contributed by atoms with van der Waals surface area (Å²) in [5.74, 6) is -0.429. The highest BCUT2D eigenvalue weighted by molar-refractivity contribution is 5.98. The Hall–Kier alpha value is -3.86. The molecule has 0 saturated carbocycles. The summed E-state index contributed by atoms with van der Waals surface area (Å²) >= 11 is 0. The van der Waals surface area contributed by atoms with E-state index in [1.807, 2.05) is 91.1 Å². The number of para-hydroxylation sites is 2. The molecule has 0 saturated heterocycles. The van der Waals surface area contributed by atoms with E-state index in [1.165, 1.54) is 0 Å². The maximum atomic E-state index is 13.0. The van der Waals surface area contributed by atoms with Crippen molar-refractivity contribution in [3.05, 3.63) is 102 Å².